The van der Waals surface area contributed by atoms with Crippen LogP contribution in [0.3, 0.4) is 0 Å². The molecule has 3 aromatic carbocycles. The zero-order valence-corrected chi connectivity index (χ0v) is 16.2. The Labute approximate surface area is 159 Å². The monoisotopic (exact) mass is 364 g/mol. The van der Waals surface area contributed by atoms with Gasteiger partial charge in [0.2, 0.25) is 0 Å². The van der Waals surface area contributed by atoms with E-state index in [1.54, 1.807) is 26.2 Å². The third-order valence-corrected chi connectivity index (χ3v) is 6.54. The van der Waals surface area contributed by atoms with Gasteiger partial charge in [0.05, 0.1) is 33.9 Å². The highest BCUT2D eigenvalue weighted by Gasteiger charge is 2.35. The third kappa shape index (κ3) is 2.47. The summed E-state index contributed by atoms with van der Waals surface area (Å²) in [6.45, 7) is 2.42. The van der Waals surface area contributed by atoms with Gasteiger partial charge in [0, 0.05) is 24.8 Å². The minimum atomic E-state index is 0.754. The molecule has 0 radical (unpaired) electrons. The highest BCUT2D eigenvalue weighted by Crippen LogP contribution is 2.41. The number of ether oxygens (including phenoxy) is 3. The average molecular weight is 364 g/mol. The van der Waals surface area contributed by atoms with Crippen LogP contribution in [0.15, 0.2) is 30.3 Å². The molecule has 4 nitrogen and oxygen atoms in total. The van der Waals surface area contributed by atoms with Crippen molar-refractivity contribution in [1.29, 1.82) is 0 Å². The second-order valence-corrected chi connectivity index (χ2v) is 7.75. The number of nitrogens with one attached hydrogen (secondary N) is 1. The molecule has 2 atom stereocenters. The molecule has 140 valence electrons. The fraction of sp³-hybridized carbons (Fsp3) is 0.391. The molecule has 1 saturated heterocycles. The van der Waals surface area contributed by atoms with Crippen LogP contribution < -0.4 is 19.1 Å². The molecule has 2 aliphatic heterocycles. The molecular formula is C23H26NO3+. The summed E-state index contributed by atoms with van der Waals surface area (Å²) in [6.07, 6.45) is 3.83. The lowest BCUT2D eigenvalue weighted by atomic mass is 9.85. The van der Waals surface area contributed by atoms with Crippen molar-refractivity contribution in [1.82, 2.24) is 0 Å². The number of fused-ring (bicyclic) bond motifs is 7. The van der Waals surface area contributed by atoms with E-state index in [-0.39, 0.29) is 0 Å². The van der Waals surface area contributed by atoms with Crippen molar-refractivity contribution in [3.8, 4) is 17.2 Å². The van der Waals surface area contributed by atoms with E-state index in [1.165, 1.54) is 52.1 Å². The first-order valence-electron chi connectivity index (χ1n) is 9.75. The average Bonchev–Trinajstić information content (AvgIpc) is 3.18. The zero-order chi connectivity index (χ0) is 18.5. The predicted octanol–water partition coefficient (Wildman–Crippen LogP) is 3.12. The van der Waals surface area contributed by atoms with Crippen molar-refractivity contribution in [3.05, 3.63) is 41.5 Å². The van der Waals surface area contributed by atoms with Gasteiger partial charge in [-0.1, -0.05) is 6.07 Å². The van der Waals surface area contributed by atoms with E-state index >= 15 is 0 Å². The van der Waals surface area contributed by atoms with Crippen molar-refractivity contribution in [2.24, 2.45) is 0 Å². The van der Waals surface area contributed by atoms with Crippen molar-refractivity contribution in [2.45, 2.75) is 31.8 Å². The maximum absolute atomic E-state index is 5.62. The van der Waals surface area contributed by atoms with Crippen LogP contribution in [0.2, 0.25) is 0 Å². The maximum Gasteiger partial charge on any atom is 0.161 e. The van der Waals surface area contributed by atoms with Crippen LogP contribution in [0.1, 0.15) is 24.0 Å². The first kappa shape index (κ1) is 16.7. The molecular weight excluding hydrogens is 338 g/mol. The van der Waals surface area contributed by atoms with Crippen molar-refractivity contribution >= 4 is 21.5 Å². The predicted molar refractivity (Wildman–Crippen MR) is 107 cm³/mol. The van der Waals surface area contributed by atoms with Gasteiger partial charge in [-0.25, -0.2) is 0 Å². The van der Waals surface area contributed by atoms with E-state index in [0.29, 0.717) is 0 Å². The lowest BCUT2D eigenvalue weighted by Crippen LogP contribution is -3.13. The molecule has 2 aliphatic rings. The Morgan fingerprint density at radius 2 is 1.56 bits per heavy atom. The van der Waals surface area contributed by atoms with Crippen LogP contribution in [-0.2, 0) is 13.0 Å². The van der Waals surface area contributed by atoms with E-state index in [1.807, 2.05) is 0 Å². The lowest BCUT2D eigenvalue weighted by Gasteiger charge is -2.31. The second-order valence-electron chi connectivity index (χ2n) is 7.75. The summed E-state index contributed by atoms with van der Waals surface area (Å²) in [4.78, 5) is 1.75. The van der Waals surface area contributed by atoms with Crippen LogP contribution in [0.5, 0.6) is 17.2 Å². The Morgan fingerprint density at radius 3 is 2.30 bits per heavy atom. The van der Waals surface area contributed by atoms with Crippen LogP contribution in [0, 0.1) is 0 Å². The summed E-state index contributed by atoms with van der Waals surface area (Å²) in [5.74, 6) is 2.47. The van der Waals surface area contributed by atoms with E-state index < -0.39 is 0 Å². The normalized spacial score (nSPS) is 21.1. The SMILES string of the molecule is COc1ccc2c3c(c4cc(OC)c(OC)cc4c2c1)C[C@@H]1CCC[NH+]1C3. The highest BCUT2D eigenvalue weighted by atomic mass is 16.5. The van der Waals surface area contributed by atoms with Crippen LogP contribution in [0.4, 0.5) is 0 Å². The van der Waals surface area contributed by atoms with Gasteiger partial charge in [-0.3, -0.25) is 0 Å². The van der Waals surface area contributed by atoms with Gasteiger partial charge in [0.1, 0.15) is 12.3 Å². The summed E-state index contributed by atoms with van der Waals surface area (Å²) >= 11 is 0. The highest BCUT2D eigenvalue weighted by molar-refractivity contribution is 6.12. The smallest absolute Gasteiger partial charge is 0.161 e. The molecule has 1 unspecified atom stereocenters. The Morgan fingerprint density at radius 1 is 0.815 bits per heavy atom. The molecule has 2 heterocycles. The minimum Gasteiger partial charge on any atom is -0.497 e. The summed E-state index contributed by atoms with van der Waals surface area (Å²) in [5.41, 5.74) is 3.00. The summed E-state index contributed by atoms with van der Waals surface area (Å²) < 4.78 is 16.8. The third-order valence-electron chi connectivity index (χ3n) is 6.54. The van der Waals surface area contributed by atoms with Gasteiger partial charge in [-0.15, -0.1) is 0 Å². The molecule has 0 amide bonds. The maximum atomic E-state index is 5.62. The Bertz CT molecular complexity index is 1040. The standard InChI is InChI=1S/C23H25NO3/c1-25-15-6-7-16-18(10-15)20-12-23(27-3)22(26-2)11-19(20)17-9-14-5-4-8-24(14)13-21(16)17/h6-7,10-12,14H,4-5,8-9,13H2,1-3H3/p+1/t14-/m0/s1. The number of hydrogen-bond acceptors (Lipinski definition) is 3. The first-order chi connectivity index (χ1) is 13.2. The van der Waals surface area contributed by atoms with Crippen molar-refractivity contribution < 1.29 is 19.1 Å². The number of methoxy groups -OCH3 is 3. The van der Waals surface area contributed by atoms with Crippen LogP contribution in [0.25, 0.3) is 21.5 Å². The fourth-order valence-corrected chi connectivity index (χ4v) is 5.18. The van der Waals surface area contributed by atoms with Crippen LogP contribution in [-0.4, -0.2) is 33.9 Å². The summed E-state index contributed by atoms with van der Waals surface area (Å²) in [6, 6.07) is 11.5. The van der Waals surface area contributed by atoms with Gasteiger partial charge in [-0.05, 0) is 51.4 Å². The molecule has 0 aromatic heterocycles. The lowest BCUT2D eigenvalue weighted by molar-refractivity contribution is -0.927. The second kappa shape index (κ2) is 6.31. The molecule has 1 N–H and O–H groups in total. The first-order valence-corrected chi connectivity index (χ1v) is 9.75. The van der Waals surface area contributed by atoms with E-state index in [9.17, 15) is 0 Å². The molecule has 0 saturated carbocycles. The molecule has 4 heteroatoms. The van der Waals surface area contributed by atoms with Gasteiger partial charge < -0.3 is 19.1 Å². The Hall–Kier alpha value is -2.46. The van der Waals surface area contributed by atoms with Gasteiger partial charge in [-0.2, -0.15) is 0 Å². The van der Waals surface area contributed by atoms with Gasteiger partial charge in [0.15, 0.2) is 11.5 Å². The molecule has 27 heavy (non-hydrogen) atoms. The Balaban J connectivity index is 1.88. The van der Waals surface area contributed by atoms with E-state index in [2.05, 4.69) is 30.3 Å². The molecule has 1 fully saturated rings. The minimum absolute atomic E-state index is 0.754. The van der Waals surface area contributed by atoms with E-state index in [0.717, 1.165) is 36.3 Å². The number of hydrogen-bond donors (Lipinski definition) is 1. The zero-order valence-electron chi connectivity index (χ0n) is 16.2. The number of quaternary nitrogens is 1. The van der Waals surface area contributed by atoms with Gasteiger partial charge >= 0.3 is 0 Å². The molecule has 3 aromatic rings. The molecule has 0 spiro atoms. The summed E-state index contributed by atoms with van der Waals surface area (Å²) in [5, 5.41) is 5.11. The molecule has 5 rings (SSSR count). The van der Waals surface area contributed by atoms with Crippen molar-refractivity contribution in [2.75, 3.05) is 27.9 Å². The largest absolute Gasteiger partial charge is 0.497 e. The number of benzene rings is 3. The molecule has 0 aliphatic carbocycles. The van der Waals surface area contributed by atoms with Crippen LogP contribution >= 0.6 is 0 Å². The van der Waals surface area contributed by atoms with E-state index in [4.69, 9.17) is 14.2 Å². The van der Waals surface area contributed by atoms with Gasteiger partial charge in [0.25, 0.3) is 0 Å². The Kier molecular flexibility index (Phi) is 3.90. The fourth-order valence-electron chi connectivity index (χ4n) is 5.18. The molecule has 0 bridgehead atoms. The van der Waals surface area contributed by atoms with Crippen molar-refractivity contribution in [3.63, 3.8) is 0 Å². The number of rotatable bonds is 3. The topological polar surface area (TPSA) is 32.1 Å². The summed E-state index contributed by atoms with van der Waals surface area (Å²) in [7, 11) is 5.14. The quantitative estimate of drug-likeness (QED) is 0.725.